The van der Waals surface area contributed by atoms with Crippen molar-refractivity contribution in [3.05, 3.63) is 23.5 Å². The average Bonchev–Trinajstić information content (AvgIpc) is 2.10. The van der Waals surface area contributed by atoms with E-state index in [2.05, 4.69) is 31.9 Å². The largest absolute Gasteiger partial charge is 0.510 e. The molecule has 1 atom stereocenters. The first kappa shape index (κ1) is 12.7. The summed E-state index contributed by atoms with van der Waals surface area (Å²) in [5.74, 6) is -0.862. The summed E-state index contributed by atoms with van der Waals surface area (Å²) in [6.45, 7) is 0. The molecule has 1 aliphatic carbocycles. The maximum absolute atomic E-state index is 10.6. The molecule has 1 rings (SSSR count). The molecule has 4 N–H and O–H groups in total. The number of carboxylic acid groups (broad SMARTS) is 1. The molecule has 84 valence electrons. The van der Waals surface area contributed by atoms with Crippen molar-refractivity contribution in [3.63, 3.8) is 0 Å². The van der Waals surface area contributed by atoms with Gasteiger partial charge in [0.2, 0.25) is 0 Å². The lowest BCUT2D eigenvalue weighted by Gasteiger charge is -2.25. The summed E-state index contributed by atoms with van der Waals surface area (Å²) in [4.78, 5) is 10.6. The Labute approximate surface area is 104 Å². The van der Waals surface area contributed by atoms with E-state index in [0.29, 0.717) is 6.42 Å². The van der Waals surface area contributed by atoms with E-state index in [0.717, 1.165) is 5.57 Å². The van der Waals surface area contributed by atoms with Crippen molar-refractivity contribution >= 4 is 37.8 Å². The lowest BCUT2D eigenvalue weighted by Crippen LogP contribution is -2.31. The van der Waals surface area contributed by atoms with Gasteiger partial charge < -0.3 is 15.9 Å². The van der Waals surface area contributed by atoms with E-state index in [4.69, 9.17) is 10.8 Å². The number of allylic oxidation sites excluding steroid dienone is 3. The quantitative estimate of drug-likeness (QED) is 0.686. The van der Waals surface area contributed by atoms with Crippen molar-refractivity contribution in [3.8, 4) is 0 Å². The summed E-state index contributed by atoms with van der Waals surface area (Å²) in [7, 11) is 0. The molecule has 0 aromatic rings. The molecule has 0 radical (unpaired) electrons. The Morgan fingerprint density at radius 3 is 2.67 bits per heavy atom. The van der Waals surface area contributed by atoms with Crippen LogP contribution in [0.3, 0.4) is 0 Å². The normalized spacial score (nSPS) is 21.5. The van der Waals surface area contributed by atoms with Crippen molar-refractivity contribution in [1.29, 1.82) is 0 Å². The number of carbonyl (C=O) groups is 1. The van der Waals surface area contributed by atoms with Gasteiger partial charge in [0.05, 0.1) is 0 Å². The van der Waals surface area contributed by atoms with Gasteiger partial charge in [-0.05, 0) is 12.5 Å². The topological polar surface area (TPSA) is 83.5 Å². The number of hydrogen-bond donors (Lipinski definition) is 3. The van der Waals surface area contributed by atoms with E-state index in [9.17, 15) is 9.90 Å². The molecule has 0 aromatic carbocycles. The minimum atomic E-state index is -1.02. The molecule has 0 aliphatic heterocycles. The first-order chi connectivity index (χ1) is 6.83. The third kappa shape index (κ3) is 3.32. The number of alkyl halides is 2. The molecule has 0 amide bonds. The van der Waals surface area contributed by atoms with Crippen LogP contribution in [0.25, 0.3) is 0 Å². The highest BCUT2D eigenvalue weighted by atomic mass is 79.9. The Bertz CT molecular complexity index is 336. The summed E-state index contributed by atoms with van der Waals surface area (Å²) < 4.78 is -0.692. The van der Waals surface area contributed by atoms with Crippen LogP contribution >= 0.6 is 31.9 Å². The van der Waals surface area contributed by atoms with Crippen LogP contribution in [-0.2, 0) is 4.79 Å². The summed E-state index contributed by atoms with van der Waals surface area (Å²) in [6.07, 6.45) is 3.98. The third-order valence-corrected chi connectivity index (χ3v) is 3.47. The molecule has 6 heteroatoms. The van der Waals surface area contributed by atoms with Crippen LogP contribution in [0.1, 0.15) is 12.8 Å². The molecule has 0 saturated heterocycles. The number of aliphatic hydroxyl groups excluding tert-OH is 1. The number of rotatable bonds is 3. The fraction of sp³-hybridized carbons (Fsp3) is 0.444. The van der Waals surface area contributed by atoms with Gasteiger partial charge in [0, 0.05) is 6.42 Å². The van der Waals surface area contributed by atoms with Crippen LogP contribution in [0, 0.1) is 0 Å². The summed E-state index contributed by atoms with van der Waals surface area (Å²) in [5, 5.41) is 18.1. The fourth-order valence-electron chi connectivity index (χ4n) is 1.26. The van der Waals surface area contributed by atoms with Crippen molar-refractivity contribution in [2.24, 2.45) is 5.73 Å². The van der Waals surface area contributed by atoms with E-state index < -0.39 is 15.2 Å². The molecule has 15 heavy (non-hydrogen) atoms. The molecule has 0 heterocycles. The van der Waals surface area contributed by atoms with Gasteiger partial charge in [-0.1, -0.05) is 43.5 Å². The number of halogens is 2. The molecular formula is C9H11Br2NO3. The van der Waals surface area contributed by atoms with E-state index >= 15 is 0 Å². The molecular weight excluding hydrogens is 330 g/mol. The Balaban J connectivity index is 2.71. The number of carboxylic acids is 1. The van der Waals surface area contributed by atoms with Crippen molar-refractivity contribution in [1.82, 2.24) is 0 Å². The van der Waals surface area contributed by atoms with Gasteiger partial charge in [-0.3, -0.25) is 4.79 Å². The van der Waals surface area contributed by atoms with Gasteiger partial charge >= 0.3 is 5.97 Å². The lowest BCUT2D eigenvalue weighted by molar-refractivity contribution is -0.138. The van der Waals surface area contributed by atoms with Gasteiger partial charge in [-0.25, -0.2) is 0 Å². The van der Waals surface area contributed by atoms with Crippen LogP contribution in [-0.4, -0.2) is 25.5 Å². The van der Waals surface area contributed by atoms with Crippen LogP contribution in [0.5, 0.6) is 0 Å². The minimum Gasteiger partial charge on any atom is -0.510 e. The van der Waals surface area contributed by atoms with Crippen LogP contribution in [0.15, 0.2) is 23.5 Å². The summed E-state index contributed by atoms with van der Waals surface area (Å²) in [5.41, 5.74) is 6.29. The van der Waals surface area contributed by atoms with Gasteiger partial charge in [0.25, 0.3) is 0 Å². The number of hydrogen-bond acceptors (Lipinski definition) is 3. The van der Waals surface area contributed by atoms with E-state index in [-0.39, 0.29) is 12.2 Å². The lowest BCUT2D eigenvalue weighted by atomic mass is 9.97. The molecule has 1 aliphatic rings. The molecule has 0 fully saturated rings. The predicted octanol–water partition coefficient (Wildman–Crippen LogP) is 2.05. The Kier molecular flexibility index (Phi) is 3.97. The van der Waals surface area contributed by atoms with E-state index in [1.165, 1.54) is 6.08 Å². The maximum atomic E-state index is 10.6. The van der Waals surface area contributed by atoms with Crippen molar-refractivity contribution in [2.75, 3.05) is 0 Å². The molecule has 0 aromatic heterocycles. The predicted molar refractivity (Wildman–Crippen MR) is 64.2 cm³/mol. The summed E-state index contributed by atoms with van der Waals surface area (Å²) in [6, 6.07) is -0.902. The highest BCUT2D eigenvalue weighted by Gasteiger charge is 2.32. The second-order valence-electron chi connectivity index (χ2n) is 3.41. The highest BCUT2D eigenvalue weighted by Crippen LogP contribution is 2.42. The zero-order chi connectivity index (χ0) is 11.6. The number of nitrogens with two attached hydrogens (primary N) is 1. The van der Waals surface area contributed by atoms with Crippen LogP contribution in [0.2, 0.25) is 0 Å². The van der Waals surface area contributed by atoms with Crippen molar-refractivity contribution in [2.45, 2.75) is 22.1 Å². The zero-order valence-corrected chi connectivity index (χ0v) is 11.0. The van der Waals surface area contributed by atoms with E-state index in [1.807, 2.05) is 0 Å². The standard InChI is InChI=1S/C9H11Br2NO3/c10-9(11)4-5(1-2-7(9)13)3-6(12)8(14)15/h1-2,6,13H,3-4,12H2,(H,14,15)/t6-/m0/s1. The second-order valence-corrected chi connectivity index (χ2v) is 7.18. The monoisotopic (exact) mass is 339 g/mol. The van der Waals surface area contributed by atoms with Crippen LogP contribution in [0.4, 0.5) is 0 Å². The molecule has 0 unspecified atom stereocenters. The molecule has 0 saturated carbocycles. The van der Waals surface area contributed by atoms with E-state index in [1.54, 1.807) is 6.08 Å². The smallest absolute Gasteiger partial charge is 0.320 e. The summed E-state index contributed by atoms with van der Waals surface area (Å²) >= 11 is 6.59. The minimum absolute atomic E-state index is 0.162. The third-order valence-electron chi connectivity index (χ3n) is 2.10. The Morgan fingerprint density at radius 2 is 2.20 bits per heavy atom. The van der Waals surface area contributed by atoms with Gasteiger partial charge in [0.15, 0.2) is 0 Å². The maximum Gasteiger partial charge on any atom is 0.320 e. The first-order valence-corrected chi connectivity index (χ1v) is 5.87. The Hall–Kier alpha value is -0.330. The first-order valence-electron chi connectivity index (χ1n) is 4.28. The molecule has 4 nitrogen and oxygen atoms in total. The average molecular weight is 341 g/mol. The number of aliphatic hydroxyl groups is 1. The highest BCUT2D eigenvalue weighted by molar-refractivity contribution is 9.25. The SMILES string of the molecule is N[C@@H](CC1=CC=C(O)C(Br)(Br)C1)C(=O)O. The fourth-order valence-corrected chi connectivity index (χ4v) is 2.25. The molecule has 0 spiro atoms. The zero-order valence-electron chi connectivity index (χ0n) is 7.78. The second kappa shape index (κ2) is 4.67. The number of aliphatic carboxylic acids is 1. The van der Waals surface area contributed by atoms with Crippen LogP contribution < -0.4 is 5.73 Å². The van der Waals surface area contributed by atoms with Crippen molar-refractivity contribution < 1.29 is 15.0 Å². The molecule has 0 bridgehead atoms. The Morgan fingerprint density at radius 1 is 1.60 bits per heavy atom. The van der Waals surface area contributed by atoms with Gasteiger partial charge in [0.1, 0.15) is 15.0 Å². The van der Waals surface area contributed by atoms with Gasteiger partial charge in [-0.15, -0.1) is 0 Å². The van der Waals surface area contributed by atoms with Gasteiger partial charge in [-0.2, -0.15) is 0 Å².